The number of nitrogens with one attached hydrogen (secondary N) is 2. The van der Waals surface area contributed by atoms with Gasteiger partial charge in [0.2, 0.25) is 5.01 Å². The summed E-state index contributed by atoms with van der Waals surface area (Å²) in [4.78, 5) is 28.3. The summed E-state index contributed by atoms with van der Waals surface area (Å²) in [5.41, 5.74) is 1.87. The number of hydrogen-bond acceptors (Lipinski definition) is 6. The zero-order valence-corrected chi connectivity index (χ0v) is 14.2. The van der Waals surface area contributed by atoms with E-state index in [2.05, 4.69) is 25.8 Å². The van der Waals surface area contributed by atoms with Crippen LogP contribution in [0.4, 0.5) is 5.69 Å². The van der Waals surface area contributed by atoms with Crippen LogP contribution in [0.25, 0.3) is 0 Å². The van der Waals surface area contributed by atoms with Crippen LogP contribution in [0.1, 0.15) is 30.9 Å². The average Bonchev–Trinajstić information content (AvgIpc) is 3.08. The fourth-order valence-corrected chi connectivity index (χ4v) is 2.64. The van der Waals surface area contributed by atoms with Crippen LogP contribution >= 0.6 is 11.3 Å². The number of pyridine rings is 1. The first kappa shape index (κ1) is 16.7. The summed E-state index contributed by atoms with van der Waals surface area (Å²) < 4.78 is 0. The lowest BCUT2D eigenvalue weighted by atomic mass is 10.2. The zero-order chi connectivity index (χ0) is 17.6. The van der Waals surface area contributed by atoms with Gasteiger partial charge in [0.05, 0.1) is 12.2 Å². The van der Waals surface area contributed by atoms with Gasteiger partial charge in [0.1, 0.15) is 5.01 Å². The molecule has 0 atom stereocenters. The molecule has 3 aromatic rings. The van der Waals surface area contributed by atoms with Gasteiger partial charge in [-0.05, 0) is 43.3 Å². The van der Waals surface area contributed by atoms with Crippen molar-refractivity contribution in [2.75, 3.05) is 5.32 Å². The van der Waals surface area contributed by atoms with Crippen LogP contribution in [-0.4, -0.2) is 27.0 Å². The molecule has 0 bridgehead atoms. The van der Waals surface area contributed by atoms with E-state index in [1.807, 2.05) is 18.2 Å². The van der Waals surface area contributed by atoms with E-state index < -0.39 is 0 Å². The number of hydrogen-bond donors (Lipinski definition) is 2. The molecule has 2 N–H and O–H groups in total. The molecule has 0 aliphatic heterocycles. The molecule has 25 heavy (non-hydrogen) atoms. The molecule has 0 fully saturated rings. The minimum atomic E-state index is -0.321. The maximum Gasteiger partial charge on any atom is 0.286 e. The van der Waals surface area contributed by atoms with Gasteiger partial charge in [-0.3, -0.25) is 14.6 Å². The topological polar surface area (TPSA) is 96.9 Å². The summed E-state index contributed by atoms with van der Waals surface area (Å²) in [5, 5.41) is 14.2. The van der Waals surface area contributed by atoms with Crippen molar-refractivity contribution in [2.45, 2.75) is 13.5 Å². The number of aromatic nitrogens is 3. The van der Waals surface area contributed by atoms with Crippen LogP contribution in [0.2, 0.25) is 0 Å². The van der Waals surface area contributed by atoms with E-state index in [1.54, 1.807) is 37.4 Å². The van der Waals surface area contributed by atoms with Gasteiger partial charge in [0, 0.05) is 17.4 Å². The molecular weight excluding hydrogens is 338 g/mol. The molecule has 126 valence electrons. The van der Waals surface area contributed by atoms with Crippen LogP contribution < -0.4 is 10.6 Å². The van der Waals surface area contributed by atoms with E-state index in [0.29, 0.717) is 22.8 Å². The molecule has 2 amide bonds. The average molecular weight is 353 g/mol. The van der Waals surface area contributed by atoms with E-state index in [4.69, 9.17) is 0 Å². The first-order valence-electron chi connectivity index (χ1n) is 7.51. The third-order valence-electron chi connectivity index (χ3n) is 3.28. The van der Waals surface area contributed by atoms with Crippen LogP contribution in [-0.2, 0) is 6.54 Å². The van der Waals surface area contributed by atoms with Gasteiger partial charge in [0.25, 0.3) is 11.8 Å². The van der Waals surface area contributed by atoms with Gasteiger partial charge in [-0.15, -0.1) is 10.2 Å². The lowest BCUT2D eigenvalue weighted by Crippen LogP contribution is -2.23. The van der Waals surface area contributed by atoms with Crippen molar-refractivity contribution >= 4 is 28.8 Å². The second kappa shape index (κ2) is 7.63. The number of anilines is 1. The Morgan fingerprint density at radius 2 is 1.84 bits per heavy atom. The highest BCUT2D eigenvalue weighted by Crippen LogP contribution is 2.14. The smallest absolute Gasteiger partial charge is 0.286 e. The molecule has 0 radical (unpaired) electrons. The SMILES string of the molecule is Cc1nnc(C(=O)Nc2ccc(C(=O)NCc3ccccn3)cc2)s1. The van der Waals surface area contributed by atoms with Crippen molar-refractivity contribution in [1.29, 1.82) is 0 Å². The van der Waals surface area contributed by atoms with Gasteiger partial charge < -0.3 is 10.6 Å². The maximum atomic E-state index is 12.1. The van der Waals surface area contributed by atoms with Crippen molar-refractivity contribution < 1.29 is 9.59 Å². The highest BCUT2D eigenvalue weighted by Gasteiger charge is 2.12. The first-order valence-corrected chi connectivity index (χ1v) is 8.33. The summed E-state index contributed by atoms with van der Waals surface area (Å²) in [7, 11) is 0. The predicted molar refractivity (Wildman–Crippen MR) is 94.4 cm³/mol. The van der Waals surface area contributed by atoms with E-state index in [0.717, 1.165) is 10.7 Å². The standard InChI is InChI=1S/C17H15N5O2S/c1-11-21-22-17(25-11)16(24)20-13-7-5-12(6-8-13)15(23)19-10-14-4-2-3-9-18-14/h2-9H,10H2,1H3,(H,19,23)(H,20,24). The van der Waals surface area contributed by atoms with Gasteiger partial charge >= 0.3 is 0 Å². The monoisotopic (exact) mass is 353 g/mol. The largest absolute Gasteiger partial charge is 0.346 e. The maximum absolute atomic E-state index is 12.1. The molecule has 3 rings (SSSR count). The van der Waals surface area contributed by atoms with Crippen molar-refractivity contribution in [3.8, 4) is 0 Å². The molecular formula is C17H15N5O2S. The Hall–Kier alpha value is -3.13. The minimum absolute atomic E-state index is 0.205. The van der Waals surface area contributed by atoms with Gasteiger partial charge in [-0.25, -0.2) is 0 Å². The van der Waals surface area contributed by atoms with Crippen LogP contribution in [0.3, 0.4) is 0 Å². The molecule has 2 aromatic heterocycles. The van der Waals surface area contributed by atoms with Crippen molar-refractivity contribution in [2.24, 2.45) is 0 Å². The number of amides is 2. The molecule has 0 saturated carbocycles. The summed E-state index contributed by atoms with van der Waals surface area (Å²) in [6.45, 7) is 2.14. The predicted octanol–water partition coefficient (Wildman–Crippen LogP) is 2.42. The lowest BCUT2D eigenvalue weighted by molar-refractivity contribution is 0.0950. The highest BCUT2D eigenvalue weighted by molar-refractivity contribution is 7.13. The normalized spacial score (nSPS) is 10.3. The number of carbonyl (C=O) groups is 2. The molecule has 0 aliphatic rings. The molecule has 0 spiro atoms. The van der Waals surface area contributed by atoms with Crippen molar-refractivity contribution in [1.82, 2.24) is 20.5 Å². The molecule has 1 aromatic carbocycles. The molecule has 8 heteroatoms. The molecule has 0 aliphatic carbocycles. The number of nitrogens with zero attached hydrogens (tertiary/aromatic N) is 3. The third-order valence-corrected chi connectivity index (χ3v) is 4.12. The number of carbonyl (C=O) groups excluding carboxylic acids is 2. The van der Waals surface area contributed by atoms with Crippen LogP contribution in [0.15, 0.2) is 48.7 Å². The second-order valence-electron chi connectivity index (χ2n) is 5.16. The Morgan fingerprint density at radius 1 is 1.04 bits per heavy atom. The summed E-state index contributed by atoms with van der Waals surface area (Å²) in [6, 6.07) is 12.2. The Balaban J connectivity index is 1.58. The number of benzene rings is 1. The Labute approximate surface area is 148 Å². The Kier molecular flexibility index (Phi) is 5.10. The summed E-state index contributed by atoms with van der Waals surface area (Å²) >= 11 is 1.22. The van der Waals surface area contributed by atoms with Crippen LogP contribution in [0, 0.1) is 6.92 Å². The Bertz CT molecular complexity index is 878. The molecule has 0 saturated heterocycles. The minimum Gasteiger partial charge on any atom is -0.346 e. The summed E-state index contributed by atoms with van der Waals surface area (Å²) in [6.07, 6.45) is 1.68. The van der Waals surface area contributed by atoms with Crippen LogP contribution in [0.5, 0.6) is 0 Å². The summed E-state index contributed by atoms with van der Waals surface area (Å²) in [5.74, 6) is -0.527. The van der Waals surface area contributed by atoms with Gasteiger partial charge in [-0.2, -0.15) is 0 Å². The number of rotatable bonds is 5. The van der Waals surface area contributed by atoms with Crippen molar-refractivity contribution in [3.05, 3.63) is 69.9 Å². The highest BCUT2D eigenvalue weighted by atomic mass is 32.1. The Morgan fingerprint density at radius 3 is 2.48 bits per heavy atom. The second-order valence-corrected chi connectivity index (χ2v) is 6.34. The molecule has 0 unspecified atom stereocenters. The van der Waals surface area contributed by atoms with E-state index in [-0.39, 0.29) is 11.8 Å². The zero-order valence-electron chi connectivity index (χ0n) is 13.4. The third kappa shape index (κ3) is 4.45. The van der Waals surface area contributed by atoms with E-state index in [1.165, 1.54) is 11.3 Å². The van der Waals surface area contributed by atoms with E-state index >= 15 is 0 Å². The fraction of sp³-hybridized carbons (Fsp3) is 0.118. The van der Waals surface area contributed by atoms with Gasteiger partial charge in [-0.1, -0.05) is 17.4 Å². The molecule has 2 heterocycles. The van der Waals surface area contributed by atoms with E-state index in [9.17, 15) is 9.59 Å². The molecule has 7 nitrogen and oxygen atoms in total. The number of aryl methyl sites for hydroxylation is 1. The first-order chi connectivity index (χ1) is 12.1. The quantitative estimate of drug-likeness (QED) is 0.734. The van der Waals surface area contributed by atoms with Gasteiger partial charge in [0.15, 0.2) is 0 Å². The fourth-order valence-electron chi connectivity index (χ4n) is 2.05. The van der Waals surface area contributed by atoms with Crippen molar-refractivity contribution in [3.63, 3.8) is 0 Å². The lowest BCUT2D eigenvalue weighted by Gasteiger charge is -2.06.